The van der Waals surface area contributed by atoms with Gasteiger partial charge in [0.15, 0.2) is 11.6 Å². The van der Waals surface area contributed by atoms with Crippen LogP contribution in [-0.2, 0) is 10.3 Å². The van der Waals surface area contributed by atoms with Gasteiger partial charge in [-0.25, -0.2) is 13.6 Å². The maximum Gasteiger partial charge on any atom is 0.235 e. The number of benzene rings is 1. The number of halogens is 3. The van der Waals surface area contributed by atoms with Crippen molar-refractivity contribution in [2.45, 2.75) is 24.8 Å². The molecule has 1 fully saturated rings. The Balaban J connectivity index is 2.54. The van der Waals surface area contributed by atoms with E-state index in [2.05, 4.69) is 20.9 Å². The molecule has 1 aliphatic rings. The van der Waals surface area contributed by atoms with Crippen molar-refractivity contribution in [3.63, 3.8) is 0 Å². The fraction of sp³-hybridized carbons (Fsp3) is 0.364. The first kappa shape index (κ1) is 11.4. The standard InChI is InChI=1S/C11H8BrF2NO/c12-8-5-10(14)9(13)4-7(8)11(15-6-16)2-1-3-11/h4-5H,1-3H2. The Labute approximate surface area is 99.5 Å². The van der Waals surface area contributed by atoms with Crippen LogP contribution in [-0.4, -0.2) is 6.08 Å². The van der Waals surface area contributed by atoms with E-state index < -0.39 is 17.2 Å². The fourth-order valence-corrected chi connectivity index (χ4v) is 2.60. The van der Waals surface area contributed by atoms with Gasteiger partial charge in [0, 0.05) is 4.47 Å². The van der Waals surface area contributed by atoms with Gasteiger partial charge in [-0.3, -0.25) is 0 Å². The fourth-order valence-electron chi connectivity index (χ4n) is 1.92. The molecular formula is C11H8BrF2NO. The van der Waals surface area contributed by atoms with Crippen LogP contribution in [0.2, 0.25) is 0 Å². The Kier molecular flexibility index (Phi) is 2.91. The van der Waals surface area contributed by atoms with Gasteiger partial charge in [-0.05, 0) is 37.0 Å². The highest BCUT2D eigenvalue weighted by Crippen LogP contribution is 2.47. The quantitative estimate of drug-likeness (QED) is 0.465. The van der Waals surface area contributed by atoms with Crippen molar-refractivity contribution in [2.24, 2.45) is 4.99 Å². The summed E-state index contributed by atoms with van der Waals surface area (Å²) in [5.41, 5.74) is -0.198. The van der Waals surface area contributed by atoms with Crippen molar-refractivity contribution in [3.8, 4) is 0 Å². The highest BCUT2D eigenvalue weighted by Gasteiger charge is 2.40. The third-order valence-corrected chi connectivity index (χ3v) is 3.61. The Hall–Kier alpha value is -1.06. The van der Waals surface area contributed by atoms with Gasteiger partial charge >= 0.3 is 0 Å². The normalized spacial score (nSPS) is 17.4. The molecule has 0 heterocycles. The predicted molar refractivity (Wildman–Crippen MR) is 57.7 cm³/mol. The highest BCUT2D eigenvalue weighted by molar-refractivity contribution is 9.10. The molecule has 0 amide bonds. The van der Waals surface area contributed by atoms with Gasteiger partial charge in [-0.15, -0.1) is 0 Å². The van der Waals surface area contributed by atoms with Gasteiger partial charge < -0.3 is 0 Å². The summed E-state index contributed by atoms with van der Waals surface area (Å²) in [4.78, 5) is 14.1. The molecule has 0 aromatic heterocycles. The summed E-state index contributed by atoms with van der Waals surface area (Å²) < 4.78 is 26.5. The smallest absolute Gasteiger partial charge is 0.211 e. The Bertz CT molecular complexity index is 479. The second-order valence-electron chi connectivity index (χ2n) is 3.83. The van der Waals surface area contributed by atoms with E-state index in [0.717, 1.165) is 18.6 Å². The van der Waals surface area contributed by atoms with Crippen LogP contribution < -0.4 is 0 Å². The minimum absolute atomic E-state index is 0.435. The van der Waals surface area contributed by atoms with Crippen LogP contribution in [0.4, 0.5) is 8.78 Å². The van der Waals surface area contributed by atoms with Gasteiger partial charge in [0.1, 0.15) is 0 Å². The van der Waals surface area contributed by atoms with Gasteiger partial charge in [-0.1, -0.05) is 15.9 Å². The molecule has 1 aliphatic carbocycles. The minimum atomic E-state index is -0.925. The zero-order chi connectivity index (χ0) is 11.8. The SMILES string of the molecule is O=C=NC1(c2cc(F)c(F)cc2Br)CCC1. The van der Waals surface area contributed by atoms with E-state index in [-0.39, 0.29) is 0 Å². The Morgan fingerprint density at radius 3 is 2.44 bits per heavy atom. The van der Waals surface area contributed by atoms with Gasteiger partial charge in [0.2, 0.25) is 6.08 Å². The Morgan fingerprint density at radius 1 is 1.31 bits per heavy atom. The molecule has 16 heavy (non-hydrogen) atoms. The second-order valence-corrected chi connectivity index (χ2v) is 4.69. The molecule has 5 heteroatoms. The maximum atomic E-state index is 13.2. The van der Waals surface area contributed by atoms with E-state index in [4.69, 9.17) is 0 Å². The number of nitrogens with zero attached hydrogens (tertiary/aromatic N) is 1. The summed E-state index contributed by atoms with van der Waals surface area (Å²) in [7, 11) is 0. The summed E-state index contributed by atoms with van der Waals surface area (Å²) in [5, 5.41) is 0. The largest absolute Gasteiger partial charge is 0.235 e. The van der Waals surface area contributed by atoms with Gasteiger partial charge in [0.05, 0.1) is 5.54 Å². The van der Waals surface area contributed by atoms with Gasteiger partial charge in [-0.2, -0.15) is 4.99 Å². The average molecular weight is 288 g/mol. The first-order valence-corrected chi connectivity index (χ1v) is 5.62. The molecule has 0 saturated heterocycles. The topological polar surface area (TPSA) is 29.4 Å². The monoisotopic (exact) mass is 287 g/mol. The third kappa shape index (κ3) is 1.70. The summed E-state index contributed by atoms with van der Waals surface area (Å²) in [5.74, 6) is -1.84. The molecule has 0 radical (unpaired) electrons. The molecule has 0 spiro atoms. The molecule has 0 bridgehead atoms. The number of carbonyl (C=O) groups excluding carboxylic acids is 1. The van der Waals surface area contributed by atoms with Crippen LogP contribution in [0.5, 0.6) is 0 Å². The van der Waals surface area contributed by atoms with Crippen molar-refractivity contribution in [1.82, 2.24) is 0 Å². The molecule has 1 saturated carbocycles. The molecular weight excluding hydrogens is 280 g/mol. The van der Waals surface area contributed by atoms with Gasteiger partial charge in [0.25, 0.3) is 0 Å². The molecule has 0 atom stereocenters. The summed E-state index contributed by atoms with van der Waals surface area (Å²) >= 11 is 3.17. The van der Waals surface area contributed by atoms with Crippen LogP contribution >= 0.6 is 15.9 Å². The maximum absolute atomic E-state index is 13.2. The highest BCUT2D eigenvalue weighted by atomic mass is 79.9. The average Bonchev–Trinajstić information content (AvgIpc) is 2.18. The van der Waals surface area contributed by atoms with Crippen molar-refractivity contribution < 1.29 is 13.6 Å². The van der Waals surface area contributed by atoms with Crippen LogP contribution in [0.3, 0.4) is 0 Å². The van der Waals surface area contributed by atoms with Crippen LogP contribution in [0.25, 0.3) is 0 Å². The number of hydrogen-bond donors (Lipinski definition) is 0. The van der Waals surface area contributed by atoms with Crippen molar-refractivity contribution >= 4 is 22.0 Å². The van der Waals surface area contributed by atoms with E-state index in [1.807, 2.05) is 0 Å². The van der Waals surface area contributed by atoms with E-state index in [1.165, 1.54) is 6.08 Å². The van der Waals surface area contributed by atoms with Crippen molar-refractivity contribution in [3.05, 3.63) is 33.8 Å². The van der Waals surface area contributed by atoms with Crippen molar-refractivity contribution in [2.75, 3.05) is 0 Å². The lowest BCUT2D eigenvalue weighted by Gasteiger charge is -2.37. The summed E-state index contributed by atoms with van der Waals surface area (Å²) in [6.07, 6.45) is 3.74. The van der Waals surface area contributed by atoms with Crippen LogP contribution in [0.15, 0.2) is 21.6 Å². The predicted octanol–water partition coefficient (Wildman–Crippen LogP) is 3.44. The minimum Gasteiger partial charge on any atom is -0.211 e. The number of hydrogen-bond acceptors (Lipinski definition) is 2. The zero-order valence-corrected chi connectivity index (χ0v) is 9.85. The molecule has 0 unspecified atom stereocenters. The van der Waals surface area contributed by atoms with Crippen LogP contribution in [0, 0.1) is 11.6 Å². The molecule has 0 aliphatic heterocycles. The lowest BCUT2D eigenvalue weighted by Crippen LogP contribution is -2.32. The molecule has 84 valence electrons. The molecule has 0 N–H and O–H groups in total. The first-order valence-electron chi connectivity index (χ1n) is 4.83. The third-order valence-electron chi connectivity index (χ3n) is 2.95. The van der Waals surface area contributed by atoms with E-state index in [9.17, 15) is 13.6 Å². The molecule has 1 aromatic carbocycles. The lowest BCUT2D eigenvalue weighted by molar-refractivity contribution is 0.253. The van der Waals surface area contributed by atoms with E-state index in [0.29, 0.717) is 22.9 Å². The molecule has 2 rings (SSSR count). The van der Waals surface area contributed by atoms with E-state index in [1.54, 1.807) is 0 Å². The van der Waals surface area contributed by atoms with Crippen molar-refractivity contribution in [1.29, 1.82) is 0 Å². The first-order chi connectivity index (χ1) is 7.59. The number of aliphatic imine (C=N–C) groups is 1. The number of rotatable bonds is 2. The number of isocyanates is 1. The van der Waals surface area contributed by atoms with E-state index >= 15 is 0 Å². The summed E-state index contributed by atoms with van der Waals surface area (Å²) in [6.45, 7) is 0. The summed E-state index contributed by atoms with van der Waals surface area (Å²) in [6, 6.07) is 2.16. The Morgan fingerprint density at radius 2 is 1.94 bits per heavy atom. The molecule has 1 aromatic rings. The zero-order valence-electron chi connectivity index (χ0n) is 8.27. The second kappa shape index (κ2) is 4.07. The van der Waals surface area contributed by atoms with Crippen LogP contribution in [0.1, 0.15) is 24.8 Å². The molecule has 2 nitrogen and oxygen atoms in total. The lowest BCUT2D eigenvalue weighted by atomic mass is 9.72.